The maximum absolute atomic E-state index is 13.2. The van der Waals surface area contributed by atoms with Gasteiger partial charge < -0.3 is 4.74 Å². The summed E-state index contributed by atoms with van der Waals surface area (Å²) < 4.78 is 4.84. The molecule has 1 saturated heterocycles. The molecule has 1 fully saturated rings. The quantitative estimate of drug-likeness (QED) is 0.278. The first-order valence-corrected chi connectivity index (χ1v) is 10.9. The van der Waals surface area contributed by atoms with Crippen LogP contribution in [-0.2, 0) is 25.5 Å². The summed E-state index contributed by atoms with van der Waals surface area (Å²) >= 11 is 0. The van der Waals surface area contributed by atoms with Crippen molar-refractivity contribution in [3.05, 3.63) is 75.8 Å². The van der Waals surface area contributed by atoms with Gasteiger partial charge in [0.2, 0.25) is 5.91 Å². The number of ether oxygens (including phenoxy) is 1. The van der Waals surface area contributed by atoms with Crippen LogP contribution < -0.4 is 10.3 Å². The molecule has 11 heteroatoms. The van der Waals surface area contributed by atoms with Crippen LogP contribution in [-0.4, -0.2) is 46.4 Å². The van der Waals surface area contributed by atoms with Crippen LogP contribution in [0.2, 0.25) is 0 Å². The molecule has 1 heterocycles. The number of hydrogen-bond acceptors (Lipinski definition) is 7. The van der Waals surface area contributed by atoms with Gasteiger partial charge in [0, 0.05) is 18.2 Å². The molecule has 1 aliphatic heterocycles. The predicted octanol–water partition coefficient (Wildman–Crippen LogP) is 2.99. The number of benzene rings is 2. The van der Waals surface area contributed by atoms with Crippen molar-refractivity contribution in [2.75, 3.05) is 11.5 Å². The van der Waals surface area contributed by atoms with E-state index in [1.807, 2.05) is 6.92 Å². The van der Waals surface area contributed by atoms with E-state index in [9.17, 15) is 29.3 Å². The van der Waals surface area contributed by atoms with Crippen molar-refractivity contribution in [2.45, 2.75) is 32.7 Å². The maximum atomic E-state index is 13.2. The molecule has 4 amide bonds. The van der Waals surface area contributed by atoms with E-state index in [1.54, 1.807) is 31.2 Å². The van der Waals surface area contributed by atoms with Gasteiger partial charge in [-0.05, 0) is 54.8 Å². The normalized spacial score (nSPS) is 15.4. The summed E-state index contributed by atoms with van der Waals surface area (Å²) in [5.74, 6) is -1.98. The van der Waals surface area contributed by atoms with Crippen LogP contribution in [0.1, 0.15) is 31.4 Å². The van der Waals surface area contributed by atoms with Gasteiger partial charge in [-0.15, -0.1) is 0 Å². The average Bonchev–Trinajstić information content (AvgIpc) is 3.14. The van der Waals surface area contributed by atoms with Gasteiger partial charge in [-0.25, -0.2) is 20.1 Å². The Hall–Kier alpha value is -4.54. The molecule has 2 aromatic rings. The number of hydrazine groups is 1. The number of anilines is 1. The number of amides is 4. The lowest BCUT2D eigenvalue weighted by Crippen LogP contribution is -2.54. The standard InChI is InChI=1S/C24H24N4O7/c1-3-16-5-10-18(11-6-16)26-22(30)15-20(23(26)31)27(25-24(32)35-4-2)21(29)14-9-17-7-12-19(13-8-17)28(33)34/h5-14,20H,3-4,15H2,1-2H3,(H,25,32). The summed E-state index contributed by atoms with van der Waals surface area (Å²) in [5, 5.41) is 11.6. The number of carbonyl (C=O) groups excluding carboxylic acids is 4. The fraction of sp³-hybridized carbons (Fsp3) is 0.250. The second kappa shape index (κ2) is 11.1. The molecule has 0 radical (unpaired) electrons. The maximum Gasteiger partial charge on any atom is 0.426 e. The largest absolute Gasteiger partial charge is 0.449 e. The van der Waals surface area contributed by atoms with E-state index in [0.29, 0.717) is 11.3 Å². The number of nitrogens with one attached hydrogen (secondary N) is 1. The first kappa shape index (κ1) is 25.1. The van der Waals surface area contributed by atoms with Crippen LogP contribution in [0.25, 0.3) is 6.08 Å². The van der Waals surface area contributed by atoms with Crippen LogP contribution in [0.15, 0.2) is 54.6 Å². The number of nitro benzene ring substituents is 1. The Morgan fingerprint density at radius 1 is 1.14 bits per heavy atom. The zero-order valence-electron chi connectivity index (χ0n) is 19.2. The van der Waals surface area contributed by atoms with E-state index in [0.717, 1.165) is 28.0 Å². The molecule has 0 aliphatic carbocycles. The molecule has 35 heavy (non-hydrogen) atoms. The van der Waals surface area contributed by atoms with Crippen LogP contribution in [0.3, 0.4) is 0 Å². The Morgan fingerprint density at radius 2 is 1.80 bits per heavy atom. The Balaban J connectivity index is 1.84. The topological polar surface area (TPSA) is 139 Å². The number of non-ortho nitro benzene ring substituents is 1. The van der Waals surface area contributed by atoms with Crippen molar-refractivity contribution in [2.24, 2.45) is 0 Å². The van der Waals surface area contributed by atoms with E-state index in [4.69, 9.17) is 4.74 Å². The zero-order valence-corrected chi connectivity index (χ0v) is 19.2. The highest BCUT2D eigenvalue weighted by molar-refractivity contribution is 6.23. The number of nitrogens with zero attached hydrogens (tertiary/aromatic N) is 3. The van der Waals surface area contributed by atoms with Crippen LogP contribution in [0.5, 0.6) is 0 Å². The molecule has 11 nitrogen and oxygen atoms in total. The molecule has 1 N–H and O–H groups in total. The van der Waals surface area contributed by atoms with E-state index < -0.39 is 34.8 Å². The third-order valence-corrected chi connectivity index (χ3v) is 5.28. The SMILES string of the molecule is CCOC(=O)NN(C(=O)C=Cc1ccc([N+](=O)[O-])cc1)C1CC(=O)N(c2ccc(CC)cc2)C1=O. The number of hydrogen-bond donors (Lipinski definition) is 1. The minimum absolute atomic E-state index is 0.0277. The lowest BCUT2D eigenvalue weighted by atomic mass is 10.1. The molecule has 3 rings (SSSR count). The molecule has 1 atom stereocenters. The summed E-state index contributed by atoms with van der Waals surface area (Å²) in [5.41, 5.74) is 4.01. The molecule has 2 aromatic carbocycles. The Labute approximate surface area is 201 Å². The minimum Gasteiger partial charge on any atom is -0.449 e. The minimum atomic E-state index is -1.29. The molecule has 182 valence electrons. The summed E-state index contributed by atoms with van der Waals surface area (Å²) in [6.45, 7) is 3.58. The second-order valence-corrected chi connectivity index (χ2v) is 7.53. The van der Waals surface area contributed by atoms with Gasteiger partial charge in [-0.2, -0.15) is 0 Å². The van der Waals surface area contributed by atoms with Gasteiger partial charge in [0.1, 0.15) is 6.04 Å². The molecular weight excluding hydrogens is 456 g/mol. The van der Waals surface area contributed by atoms with Gasteiger partial charge in [-0.3, -0.25) is 24.5 Å². The lowest BCUT2D eigenvalue weighted by Gasteiger charge is -2.26. The van der Waals surface area contributed by atoms with Gasteiger partial charge in [0.25, 0.3) is 17.5 Å². The lowest BCUT2D eigenvalue weighted by molar-refractivity contribution is -0.384. The molecular formula is C24H24N4O7. The van der Waals surface area contributed by atoms with Crippen LogP contribution >= 0.6 is 0 Å². The monoisotopic (exact) mass is 480 g/mol. The van der Waals surface area contributed by atoms with Crippen molar-refractivity contribution in [3.63, 3.8) is 0 Å². The van der Waals surface area contributed by atoms with Crippen LogP contribution in [0.4, 0.5) is 16.2 Å². The van der Waals surface area contributed by atoms with Gasteiger partial charge in [0.05, 0.1) is 23.6 Å². The zero-order chi connectivity index (χ0) is 25.5. The predicted molar refractivity (Wildman–Crippen MR) is 126 cm³/mol. The molecule has 1 aliphatic rings. The molecule has 0 spiro atoms. The fourth-order valence-corrected chi connectivity index (χ4v) is 3.47. The van der Waals surface area contributed by atoms with Crippen molar-refractivity contribution in [3.8, 4) is 0 Å². The van der Waals surface area contributed by atoms with Gasteiger partial charge in [-0.1, -0.05) is 19.1 Å². The number of imide groups is 1. The first-order chi connectivity index (χ1) is 16.7. The van der Waals surface area contributed by atoms with Crippen molar-refractivity contribution >= 4 is 41.3 Å². The van der Waals surface area contributed by atoms with E-state index >= 15 is 0 Å². The number of rotatable bonds is 7. The van der Waals surface area contributed by atoms with Crippen molar-refractivity contribution in [1.29, 1.82) is 0 Å². The molecule has 1 unspecified atom stereocenters. The summed E-state index contributed by atoms with van der Waals surface area (Å²) in [6, 6.07) is 11.1. The molecule has 0 aromatic heterocycles. The molecule has 0 saturated carbocycles. The van der Waals surface area contributed by atoms with E-state index in [1.165, 1.54) is 30.3 Å². The van der Waals surface area contributed by atoms with E-state index in [2.05, 4.69) is 5.43 Å². The van der Waals surface area contributed by atoms with Crippen molar-refractivity contribution in [1.82, 2.24) is 10.4 Å². The highest BCUT2D eigenvalue weighted by Gasteiger charge is 2.45. The van der Waals surface area contributed by atoms with Crippen molar-refractivity contribution < 1.29 is 28.8 Å². The summed E-state index contributed by atoms with van der Waals surface area (Å²) in [7, 11) is 0. The Bertz CT molecular complexity index is 1160. The Kier molecular flexibility index (Phi) is 7.92. The highest BCUT2D eigenvalue weighted by Crippen LogP contribution is 2.26. The average molecular weight is 480 g/mol. The summed E-state index contributed by atoms with van der Waals surface area (Å²) in [6.07, 6.45) is 1.95. The number of carbonyl (C=O) groups is 4. The Morgan fingerprint density at radius 3 is 2.37 bits per heavy atom. The second-order valence-electron chi connectivity index (χ2n) is 7.53. The number of aryl methyl sites for hydroxylation is 1. The third kappa shape index (κ3) is 5.88. The van der Waals surface area contributed by atoms with Gasteiger partial charge >= 0.3 is 6.09 Å². The highest BCUT2D eigenvalue weighted by atomic mass is 16.6. The number of nitro groups is 1. The third-order valence-electron chi connectivity index (χ3n) is 5.28. The smallest absolute Gasteiger partial charge is 0.426 e. The fourth-order valence-electron chi connectivity index (χ4n) is 3.47. The van der Waals surface area contributed by atoms with Crippen LogP contribution in [0, 0.1) is 10.1 Å². The van der Waals surface area contributed by atoms with Gasteiger partial charge in [0.15, 0.2) is 0 Å². The summed E-state index contributed by atoms with van der Waals surface area (Å²) in [4.78, 5) is 62.2. The molecule has 0 bridgehead atoms. The van der Waals surface area contributed by atoms with E-state index in [-0.39, 0.29) is 18.7 Å². The first-order valence-electron chi connectivity index (χ1n) is 10.9.